The Morgan fingerprint density at radius 3 is 2.92 bits per heavy atom. The van der Waals surface area contributed by atoms with Crippen LogP contribution in [0.2, 0.25) is 0 Å². The van der Waals surface area contributed by atoms with E-state index in [1.807, 2.05) is 19.5 Å². The molecule has 26 heavy (non-hydrogen) atoms. The first kappa shape index (κ1) is 18.7. The fourth-order valence-electron chi connectivity index (χ4n) is 3.34. The Morgan fingerprint density at radius 2 is 2.27 bits per heavy atom. The molecule has 0 aromatic carbocycles. The molecule has 2 amide bonds. The highest BCUT2D eigenvalue weighted by Gasteiger charge is 2.30. The molecule has 6 nitrogen and oxygen atoms in total. The topological polar surface area (TPSA) is 65.8 Å². The molecule has 2 aromatic heterocycles. The molecular weight excluding hydrogens is 350 g/mol. The summed E-state index contributed by atoms with van der Waals surface area (Å²) in [6, 6.07) is 5.60. The molecule has 1 N–H and O–H groups in total. The minimum absolute atomic E-state index is 0.0176. The van der Waals surface area contributed by atoms with Gasteiger partial charge in [0.1, 0.15) is 0 Å². The molecule has 2 aromatic rings. The van der Waals surface area contributed by atoms with Crippen molar-refractivity contribution in [2.45, 2.75) is 18.9 Å². The Balaban J connectivity index is 1.56. The van der Waals surface area contributed by atoms with Crippen molar-refractivity contribution in [1.29, 1.82) is 0 Å². The van der Waals surface area contributed by atoms with E-state index in [1.54, 1.807) is 28.4 Å². The number of hydrogen-bond donors (Lipinski definition) is 1. The van der Waals surface area contributed by atoms with Crippen LogP contribution < -0.4 is 5.32 Å². The van der Waals surface area contributed by atoms with Gasteiger partial charge in [0.05, 0.1) is 18.2 Å². The van der Waals surface area contributed by atoms with Crippen molar-refractivity contribution in [2.24, 2.45) is 5.92 Å². The van der Waals surface area contributed by atoms with Gasteiger partial charge in [-0.2, -0.15) is 11.3 Å². The van der Waals surface area contributed by atoms with Crippen LogP contribution in [0.4, 0.5) is 0 Å². The Morgan fingerprint density at radius 1 is 1.42 bits per heavy atom. The number of nitrogens with zero attached hydrogens (tertiary/aromatic N) is 2. The van der Waals surface area contributed by atoms with Crippen molar-refractivity contribution in [1.82, 2.24) is 15.1 Å². The van der Waals surface area contributed by atoms with E-state index < -0.39 is 0 Å². The fraction of sp³-hybridized carbons (Fsp3) is 0.474. The van der Waals surface area contributed by atoms with Crippen molar-refractivity contribution in [3.05, 3.63) is 46.5 Å². The number of amides is 2. The van der Waals surface area contributed by atoms with Gasteiger partial charge in [-0.1, -0.05) is 0 Å². The van der Waals surface area contributed by atoms with Crippen molar-refractivity contribution < 1.29 is 14.0 Å². The smallest absolute Gasteiger partial charge is 0.289 e. The van der Waals surface area contributed by atoms with E-state index in [9.17, 15) is 9.59 Å². The number of furan rings is 1. The van der Waals surface area contributed by atoms with Gasteiger partial charge in [-0.3, -0.25) is 9.59 Å². The zero-order valence-electron chi connectivity index (χ0n) is 15.2. The lowest BCUT2D eigenvalue weighted by molar-refractivity contribution is -0.126. The maximum absolute atomic E-state index is 12.7. The highest BCUT2D eigenvalue weighted by atomic mass is 32.1. The zero-order valence-corrected chi connectivity index (χ0v) is 16.0. The second-order valence-electron chi connectivity index (χ2n) is 6.85. The van der Waals surface area contributed by atoms with Gasteiger partial charge < -0.3 is 19.5 Å². The maximum atomic E-state index is 12.7. The van der Waals surface area contributed by atoms with E-state index >= 15 is 0 Å². The molecule has 0 aliphatic carbocycles. The molecule has 3 rings (SSSR count). The number of piperidine rings is 1. The number of hydrogen-bond acceptors (Lipinski definition) is 5. The van der Waals surface area contributed by atoms with Crippen LogP contribution >= 0.6 is 11.3 Å². The van der Waals surface area contributed by atoms with E-state index in [0.29, 0.717) is 25.4 Å². The summed E-state index contributed by atoms with van der Waals surface area (Å²) in [5, 5.41) is 7.24. The van der Waals surface area contributed by atoms with Gasteiger partial charge in [0.25, 0.3) is 5.91 Å². The van der Waals surface area contributed by atoms with Crippen molar-refractivity contribution >= 4 is 23.2 Å². The Hall–Kier alpha value is -2.12. The Bertz CT molecular complexity index is 712. The second kappa shape index (κ2) is 8.51. The summed E-state index contributed by atoms with van der Waals surface area (Å²) in [5.74, 6) is 0.0325. The zero-order chi connectivity index (χ0) is 18.5. The minimum Gasteiger partial charge on any atom is -0.459 e. The summed E-state index contributed by atoms with van der Waals surface area (Å²) in [5.41, 5.74) is 1.21. The number of likely N-dealkylation sites (tertiary alicyclic amines) is 1. The number of carbonyl (C=O) groups is 2. The normalized spacial score (nSPS) is 18.7. The van der Waals surface area contributed by atoms with Gasteiger partial charge >= 0.3 is 0 Å². The molecule has 1 fully saturated rings. The van der Waals surface area contributed by atoms with E-state index in [1.165, 1.54) is 11.8 Å². The van der Waals surface area contributed by atoms with Crippen LogP contribution in [0.1, 0.15) is 35.0 Å². The lowest BCUT2D eigenvalue weighted by Gasteiger charge is -2.32. The standard InChI is InChI=1S/C19H25N3O3S/c1-21(2)16(15-7-10-26-13-15)11-20-18(23)14-5-3-8-22(12-14)19(24)17-6-4-9-25-17/h4,6-7,9-10,13-14,16H,3,5,8,11-12H2,1-2H3,(H,20,23). The van der Waals surface area contributed by atoms with Gasteiger partial charge in [0.15, 0.2) is 5.76 Å². The predicted molar refractivity (Wildman–Crippen MR) is 101 cm³/mol. The summed E-state index contributed by atoms with van der Waals surface area (Å²) in [4.78, 5) is 28.9. The maximum Gasteiger partial charge on any atom is 0.289 e. The van der Waals surface area contributed by atoms with Crippen LogP contribution in [-0.2, 0) is 4.79 Å². The van der Waals surface area contributed by atoms with Gasteiger partial charge in [0, 0.05) is 19.6 Å². The number of likely N-dealkylation sites (N-methyl/N-ethyl adjacent to an activating group) is 1. The number of thiophene rings is 1. The van der Waals surface area contributed by atoms with Gasteiger partial charge in [0.2, 0.25) is 5.91 Å². The average molecular weight is 375 g/mol. The van der Waals surface area contributed by atoms with Crippen LogP contribution in [0.15, 0.2) is 39.6 Å². The number of rotatable bonds is 6. The lowest BCUT2D eigenvalue weighted by atomic mass is 9.96. The molecule has 0 bridgehead atoms. The van der Waals surface area contributed by atoms with E-state index in [4.69, 9.17) is 4.42 Å². The van der Waals surface area contributed by atoms with Crippen LogP contribution in [0, 0.1) is 5.92 Å². The second-order valence-corrected chi connectivity index (χ2v) is 7.63. The third-order valence-corrected chi connectivity index (χ3v) is 5.53. The summed E-state index contributed by atoms with van der Waals surface area (Å²) < 4.78 is 5.19. The Labute approximate surface area is 157 Å². The lowest BCUT2D eigenvalue weighted by Crippen LogP contribution is -2.46. The predicted octanol–water partition coefficient (Wildman–Crippen LogP) is 2.61. The fourth-order valence-corrected chi connectivity index (χ4v) is 4.04. The van der Waals surface area contributed by atoms with Gasteiger partial charge in [-0.15, -0.1) is 0 Å². The van der Waals surface area contributed by atoms with Crippen LogP contribution in [-0.4, -0.2) is 55.3 Å². The van der Waals surface area contributed by atoms with Crippen molar-refractivity contribution in [3.63, 3.8) is 0 Å². The van der Waals surface area contributed by atoms with Crippen LogP contribution in [0.3, 0.4) is 0 Å². The van der Waals surface area contributed by atoms with Gasteiger partial charge in [-0.25, -0.2) is 0 Å². The molecule has 3 heterocycles. The highest BCUT2D eigenvalue weighted by molar-refractivity contribution is 7.07. The van der Waals surface area contributed by atoms with E-state index in [-0.39, 0.29) is 23.8 Å². The largest absolute Gasteiger partial charge is 0.459 e. The molecule has 7 heteroatoms. The summed E-state index contributed by atoms with van der Waals surface area (Å²) in [6.45, 7) is 1.67. The molecule has 140 valence electrons. The van der Waals surface area contributed by atoms with E-state index in [2.05, 4.69) is 21.7 Å². The van der Waals surface area contributed by atoms with Crippen molar-refractivity contribution in [2.75, 3.05) is 33.7 Å². The monoisotopic (exact) mass is 375 g/mol. The molecule has 1 aliphatic heterocycles. The molecule has 2 atom stereocenters. The molecule has 1 aliphatic rings. The number of nitrogens with one attached hydrogen (secondary N) is 1. The first-order valence-corrected chi connectivity index (χ1v) is 9.79. The van der Waals surface area contributed by atoms with Crippen LogP contribution in [0.25, 0.3) is 0 Å². The SMILES string of the molecule is CN(C)C(CNC(=O)C1CCCN(C(=O)c2ccco2)C1)c1ccsc1. The third-order valence-electron chi connectivity index (χ3n) is 4.83. The quantitative estimate of drug-likeness (QED) is 0.843. The van der Waals surface area contributed by atoms with Gasteiger partial charge in [-0.05, 0) is 61.5 Å². The molecule has 1 saturated heterocycles. The number of carbonyl (C=O) groups excluding carboxylic acids is 2. The van der Waals surface area contributed by atoms with Crippen LogP contribution in [0.5, 0.6) is 0 Å². The highest BCUT2D eigenvalue weighted by Crippen LogP contribution is 2.22. The average Bonchev–Trinajstić information content (AvgIpc) is 3.35. The molecular formula is C19H25N3O3S. The Kier molecular flexibility index (Phi) is 6.11. The summed E-state index contributed by atoms with van der Waals surface area (Å²) in [6.07, 6.45) is 3.12. The molecule has 0 spiro atoms. The van der Waals surface area contributed by atoms with Crippen molar-refractivity contribution in [3.8, 4) is 0 Å². The summed E-state index contributed by atoms with van der Waals surface area (Å²) >= 11 is 1.66. The molecule has 0 saturated carbocycles. The first-order valence-electron chi connectivity index (χ1n) is 8.85. The first-order chi connectivity index (χ1) is 12.6. The third kappa shape index (κ3) is 4.34. The molecule has 2 unspecified atom stereocenters. The van der Waals surface area contributed by atoms with E-state index in [0.717, 1.165) is 12.8 Å². The molecule has 0 radical (unpaired) electrons. The minimum atomic E-state index is -0.173. The summed E-state index contributed by atoms with van der Waals surface area (Å²) in [7, 11) is 4.03.